The number of likely N-dealkylation sites (tertiary alicyclic amines) is 1. The molecule has 4 aromatic rings. The molecule has 198 valence electrons. The Labute approximate surface area is 227 Å². The third-order valence-electron chi connectivity index (χ3n) is 6.68. The Morgan fingerprint density at radius 2 is 1.92 bits per heavy atom. The van der Waals surface area contributed by atoms with E-state index in [-0.39, 0.29) is 29.7 Å². The maximum absolute atomic E-state index is 12.9. The van der Waals surface area contributed by atoms with E-state index < -0.39 is 0 Å². The van der Waals surface area contributed by atoms with Crippen molar-refractivity contribution in [3.8, 4) is 17.6 Å². The Morgan fingerprint density at radius 3 is 2.62 bits per heavy atom. The first-order valence-electron chi connectivity index (χ1n) is 12.8. The second kappa shape index (κ2) is 10.2. The molecule has 0 saturated carbocycles. The normalized spacial score (nSPS) is 13.6. The fraction of sp³-hybridized carbons (Fsp3) is 0.300. The molecule has 2 amide bonds. The lowest BCUT2D eigenvalue weighted by Gasteiger charge is -2.35. The van der Waals surface area contributed by atoms with Gasteiger partial charge in [-0.3, -0.25) is 19.3 Å². The number of nitrogens with one attached hydrogen (secondary N) is 1. The second-order valence-electron chi connectivity index (χ2n) is 10.8. The lowest BCUT2D eigenvalue weighted by molar-refractivity contribution is -0.115. The molecular formula is C30H30N6O3. The molecular weight excluding hydrogens is 492 g/mol. The summed E-state index contributed by atoms with van der Waals surface area (Å²) in [7, 11) is 0. The summed E-state index contributed by atoms with van der Waals surface area (Å²) in [5.74, 6) is 0.895. The van der Waals surface area contributed by atoms with Crippen LogP contribution in [0.2, 0.25) is 0 Å². The number of amides is 2. The molecule has 0 radical (unpaired) electrons. The summed E-state index contributed by atoms with van der Waals surface area (Å²) in [5.41, 5.74) is 3.47. The summed E-state index contributed by atoms with van der Waals surface area (Å²) in [4.78, 5) is 31.6. The van der Waals surface area contributed by atoms with E-state index in [1.807, 2.05) is 56.8 Å². The zero-order valence-electron chi connectivity index (χ0n) is 22.4. The fourth-order valence-electron chi connectivity index (χ4n) is 4.45. The number of ether oxygens (including phenoxy) is 1. The summed E-state index contributed by atoms with van der Waals surface area (Å²) in [6.45, 7) is 8.97. The molecule has 9 nitrogen and oxygen atoms in total. The second-order valence-corrected chi connectivity index (χ2v) is 10.8. The Morgan fingerprint density at radius 1 is 1.13 bits per heavy atom. The monoisotopic (exact) mass is 522 g/mol. The molecule has 1 saturated heterocycles. The number of anilines is 1. The highest BCUT2D eigenvalue weighted by Gasteiger charge is 2.31. The van der Waals surface area contributed by atoms with Crippen LogP contribution in [-0.2, 0) is 16.8 Å². The van der Waals surface area contributed by atoms with E-state index in [9.17, 15) is 9.59 Å². The van der Waals surface area contributed by atoms with Gasteiger partial charge in [0, 0.05) is 36.4 Å². The number of rotatable bonds is 6. The molecule has 1 N–H and O–H groups in total. The third-order valence-corrected chi connectivity index (χ3v) is 6.68. The Bertz CT molecular complexity index is 1610. The highest BCUT2D eigenvalue weighted by molar-refractivity contribution is 5.99. The zero-order chi connectivity index (χ0) is 27.7. The van der Waals surface area contributed by atoms with Crippen LogP contribution in [0, 0.1) is 24.2 Å². The van der Waals surface area contributed by atoms with Gasteiger partial charge in [0.2, 0.25) is 5.91 Å². The first kappa shape index (κ1) is 25.9. The van der Waals surface area contributed by atoms with Gasteiger partial charge < -0.3 is 15.0 Å². The maximum Gasteiger partial charge on any atom is 0.253 e. The molecule has 3 heterocycles. The van der Waals surface area contributed by atoms with Crippen LogP contribution in [0.4, 0.5) is 5.69 Å². The molecule has 0 spiro atoms. The first-order chi connectivity index (χ1) is 18.6. The molecule has 1 fully saturated rings. The van der Waals surface area contributed by atoms with E-state index in [4.69, 9.17) is 10.00 Å². The van der Waals surface area contributed by atoms with Crippen molar-refractivity contribution in [1.29, 1.82) is 5.26 Å². The predicted molar refractivity (Wildman–Crippen MR) is 148 cm³/mol. The van der Waals surface area contributed by atoms with Crippen LogP contribution < -0.4 is 10.1 Å². The molecule has 1 aliphatic rings. The van der Waals surface area contributed by atoms with E-state index in [1.54, 1.807) is 41.6 Å². The van der Waals surface area contributed by atoms with Crippen molar-refractivity contribution < 1.29 is 14.3 Å². The number of aryl methyl sites for hydroxylation is 1. The number of fused-ring (bicyclic) bond motifs is 1. The van der Waals surface area contributed by atoms with Gasteiger partial charge in [0.1, 0.15) is 11.5 Å². The number of carbonyl (C=O) groups is 2. The van der Waals surface area contributed by atoms with Crippen molar-refractivity contribution in [3.63, 3.8) is 0 Å². The van der Waals surface area contributed by atoms with Crippen LogP contribution in [0.25, 0.3) is 10.9 Å². The number of nitriles is 1. The molecule has 9 heteroatoms. The van der Waals surface area contributed by atoms with Crippen LogP contribution in [-0.4, -0.2) is 44.6 Å². The van der Waals surface area contributed by atoms with Gasteiger partial charge in [0.05, 0.1) is 41.3 Å². The van der Waals surface area contributed by atoms with E-state index in [0.717, 1.165) is 16.5 Å². The number of nitrogens with zero attached hydrogens (tertiary/aromatic N) is 5. The lowest BCUT2D eigenvalue weighted by Crippen LogP contribution is -2.49. The molecule has 0 bridgehead atoms. The summed E-state index contributed by atoms with van der Waals surface area (Å²) < 4.78 is 8.08. The summed E-state index contributed by atoms with van der Waals surface area (Å²) in [6.07, 6.45) is 5.36. The van der Waals surface area contributed by atoms with Gasteiger partial charge in [0.15, 0.2) is 0 Å². The van der Waals surface area contributed by atoms with Crippen LogP contribution in [0.15, 0.2) is 61.1 Å². The van der Waals surface area contributed by atoms with Crippen LogP contribution in [0.3, 0.4) is 0 Å². The minimum atomic E-state index is -0.163. The van der Waals surface area contributed by atoms with E-state index in [2.05, 4.69) is 21.5 Å². The Balaban J connectivity index is 1.29. The van der Waals surface area contributed by atoms with E-state index in [1.165, 1.54) is 0 Å². The summed E-state index contributed by atoms with van der Waals surface area (Å²) >= 11 is 0. The smallest absolute Gasteiger partial charge is 0.253 e. The van der Waals surface area contributed by atoms with E-state index >= 15 is 0 Å². The van der Waals surface area contributed by atoms with Gasteiger partial charge in [0.25, 0.3) is 5.91 Å². The highest BCUT2D eigenvalue weighted by atomic mass is 16.5. The minimum Gasteiger partial charge on any atom is -0.456 e. The Hall–Kier alpha value is -4.71. The van der Waals surface area contributed by atoms with Crippen molar-refractivity contribution in [2.45, 2.75) is 39.7 Å². The maximum atomic E-state index is 12.9. The molecule has 39 heavy (non-hydrogen) atoms. The van der Waals surface area contributed by atoms with E-state index in [0.29, 0.717) is 41.4 Å². The van der Waals surface area contributed by atoms with Crippen molar-refractivity contribution in [2.24, 2.45) is 5.92 Å². The standard InChI is InChI=1S/C30H30N6O3/c1-19-11-20(12-28(37)34-23-15-33-36(18-23)30(2,3)4)5-8-26(19)39-27-9-10-32-25-7-6-22(13-24(25)27)29(38)35-16-21(14-31)17-35/h5-11,13,15,18,21H,12,16-17H2,1-4H3,(H,34,37). The number of aromatic nitrogens is 3. The van der Waals surface area contributed by atoms with Crippen molar-refractivity contribution in [2.75, 3.05) is 18.4 Å². The number of benzene rings is 2. The molecule has 2 aromatic carbocycles. The molecule has 5 rings (SSSR count). The largest absolute Gasteiger partial charge is 0.456 e. The average Bonchev–Trinajstić information content (AvgIpc) is 3.34. The van der Waals surface area contributed by atoms with Crippen LogP contribution in [0.5, 0.6) is 11.5 Å². The number of hydrogen-bond donors (Lipinski definition) is 1. The van der Waals surface area contributed by atoms with Crippen molar-refractivity contribution in [3.05, 3.63) is 77.7 Å². The summed E-state index contributed by atoms with van der Waals surface area (Å²) in [6, 6.07) is 14.9. The van der Waals surface area contributed by atoms with Gasteiger partial charge in [-0.1, -0.05) is 12.1 Å². The fourth-order valence-corrected chi connectivity index (χ4v) is 4.45. The SMILES string of the molecule is Cc1cc(CC(=O)Nc2cnn(C(C)(C)C)c2)ccc1Oc1ccnc2ccc(C(=O)N3CC(C#N)C3)cc12. The Kier molecular flexibility index (Phi) is 6.79. The van der Waals surface area contributed by atoms with Gasteiger partial charge in [-0.25, -0.2) is 0 Å². The third kappa shape index (κ3) is 5.60. The number of hydrogen-bond acceptors (Lipinski definition) is 6. The molecule has 0 atom stereocenters. The molecule has 0 aliphatic carbocycles. The van der Waals surface area contributed by atoms with Crippen LogP contribution in [0.1, 0.15) is 42.3 Å². The highest BCUT2D eigenvalue weighted by Crippen LogP contribution is 2.32. The minimum absolute atomic E-state index is 0.0977. The summed E-state index contributed by atoms with van der Waals surface area (Å²) in [5, 5.41) is 17.0. The van der Waals surface area contributed by atoms with Crippen molar-refractivity contribution >= 4 is 28.4 Å². The van der Waals surface area contributed by atoms with Gasteiger partial charge in [-0.2, -0.15) is 10.4 Å². The van der Waals surface area contributed by atoms with Crippen LogP contribution >= 0.6 is 0 Å². The predicted octanol–water partition coefficient (Wildman–Crippen LogP) is 5.06. The van der Waals surface area contributed by atoms with Gasteiger partial charge in [-0.05, 0) is 69.2 Å². The molecule has 0 unspecified atom stereocenters. The quantitative estimate of drug-likeness (QED) is 0.379. The molecule has 2 aromatic heterocycles. The topological polar surface area (TPSA) is 113 Å². The zero-order valence-corrected chi connectivity index (χ0v) is 22.4. The van der Waals surface area contributed by atoms with Gasteiger partial charge >= 0.3 is 0 Å². The number of carbonyl (C=O) groups excluding carboxylic acids is 2. The first-order valence-corrected chi connectivity index (χ1v) is 12.8. The van der Waals surface area contributed by atoms with Gasteiger partial charge in [-0.15, -0.1) is 0 Å². The van der Waals surface area contributed by atoms with Crippen molar-refractivity contribution in [1.82, 2.24) is 19.7 Å². The lowest BCUT2D eigenvalue weighted by atomic mass is 10.00. The molecule has 1 aliphatic heterocycles. The number of pyridine rings is 1. The average molecular weight is 523 g/mol.